The van der Waals surface area contributed by atoms with Gasteiger partial charge in [0.25, 0.3) is 0 Å². The second-order valence-electron chi connectivity index (χ2n) is 8.60. The van der Waals surface area contributed by atoms with Gasteiger partial charge in [-0.15, -0.1) is 0 Å². The molecule has 2 aromatic heterocycles. The maximum Gasteiger partial charge on any atom is 0.231 e. The molecule has 0 unspecified atom stereocenters. The number of aromatic nitrogens is 2. The maximum atomic E-state index is 14.2. The first-order valence-corrected chi connectivity index (χ1v) is 11.7. The number of carbonyl (C=O) groups excluding carboxylic acids is 1. The van der Waals surface area contributed by atoms with Crippen LogP contribution in [0.15, 0.2) is 89.5 Å². The number of rotatable bonds is 8. The third kappa shape index (κ3) is 5.81. The van der Waals surface area contributed by atoms with Crippen molar-refractivity contribution in [3.63, 3.8) is 0 Å². The summed E-state index contributed by atoms with van der Waals surface area (Å²) in [5.74, 6) is -0.624. The molecule has 0 spiro atoms. The van der Waals surface area contributed by atoms with Crippen LogP contribution < -0.4 is 9.64 Å². The lowest BCUT2D eigenvalue weighted by Crippen LogP contribution is -2.32. The number of para-hydroxylation sites is 1. The molecule has 3 aromatic carbocycles. The van der Waals surface area contributed by atoms with E-state index in [1.54, 1.807) is 37.3 Å². The van der Waals surface area contributed by atoms with E-state index >= 15 is 0 Å². The summed E-state index contributed by atoms with van der Waals surface area (Å²) in [5, 5.41) is 5.04. The van der Waals surface area contributed by atoms with Gasteiger partial charge in [-0.25, -0.2) is 13.8 Å². The molecule has 0 radical (unpaired) electrons. The highest BCUT2D eigenvalue weighted by Crippen LogP contribution is 2.24. The third-order valence-electron chi connectivity index (χ3n) is 5.85. The summed E-state index contributed by atoms with van der Waals surface area (Å²) in [4.78, 5) is 19.3. The molecule has 0 fully saturated rings. The van der Waals surface area contributed by atoms with E-state index in [0.717, 1.165) is 28.7 Å². The second kappa shape index (κ2) is 10.6. The molecule has 0 saturated heterocycles. The zero-order chi connectivity index (χ0) is 25.8. The summed E-state index contributed by atoms with van der Waals surface area (Å²) in [6.45, 7) is 2.17. The molecule has 2 heterocycles. The Morgan fingerprint density at radius 2 is 1.76 bits per heavy atom. The predicted molar refractivity (Wildman–Crippen MR) is 135 cm³/mol. The molecular weight excluding hydrogens is 476 g/mol. The van der Waals surface area contributed by atoms with E-state index in [-0.39, 0.29) is 31.0 Å². The van der Waals surface area contributed by atoms with Crippen molar-refractivity contribution < 1.29 is 22.8 Å². The van der Waals surface area contributed by atoms with Crippen LogP contribution in [0.3, 0.4) is 0 Å². The molecule has 0 atom stereocenters. The molecule has 37 heavy (non-hydrogen) atoms. The largest absolute Gasteiger partial charge is 0.487 e. The number of ether oxygens (including phenoxy) is 1. The van der Waals surface area contributed by atoms with Crippen LogP contribution in [0.1, 0.15) is 22.7 Å². The Hall–Kier alpha value is -4.59. The van der Waals surface area contributed by atoms with Crippen LogP contribution in [0.4, 0.5) is 14.5 Å². The van der Waals surface area contributed by atoms with Crippen molar-refractivity contribution in [3.8, 4) is 5.75 Å². The molecule has 1 amide bonds. The molecule has 0 bridgehead atoms. The van der Waals surface area contributed by atoms with Gasteiger partial charge in [0.05, 0.1) is 24.2 Å². The van der Waals surface area contributed by atoms with E-state index in [1.807, 2.05) is 36.4 Å². The lowest BCUT2D eigenvalue weighted by atomic mass is 10.1. The smallest absolute Gasteiger partial charge is 0.231 e. The first-order chi connectivity index (χ1) is 17.9. The van der Waals surface area contributed by atoms with Crippen LogP contribution in [0.5, 0.6) is 5.75 Å². The SMILES string of the molecule is Cc1cc(CN(C(=O)Cc2ccc(F)cc2F)c2ccc(OCc3ccc4ccccc4n3)cc2)no1. The summed E-state index contributed by atoms with van der Waals surface area (Å²) >= 11 is 0. The van der Waals surface area contributed by atoms with E-state index in [2.05, 4.69) is 10.1 Å². The van der Waals surface area contributed by atoms with Gasteiger partial charge in [-0.05, 0) is 55.0 Å². The van der Waals surface area contributed by atoms with E-state index in [1.165, 1.54) is 11.0 Å². The van der Waals surface area contributed by atoms with Crippen LogP contribution in [0.25, 0.3) is 10.9 Å². The van der Waals surface area contributed by atoms with Gasteiger partial charge in [-0.2, -0.15) is 0 Å². The van der Waals surface area contributed by atoms with Gasteiger partial charge >= 0.3 is 0 Å². The third-order valence-corrected chi connectivity index (χ3v) is 5.85. The van der Waals surface area contributed by atoms with Crippen molar-refractivity contribution in [2.75, 3.05) is 4.90 Å². The lowest BCUT2D eigenvalue weighted by molar-refractivity contribution is -0.118. The number of benzene rings is 3. The average Bonchev–Trinajstić information content (AvgIpc) is 3.32. The number of hydrogen-bond acceptors (Lipinski definition) is 5. The lowest BCUT2D eigenvalue weighted by Gasteiger charge is -2.22. The highest BCUT2D eigenvalue weighted by Gasteiger charge is 2.20. The fourth-order valence-corrected chi connectivity index (χ4v) is 3.97. The molecule has 6 nitrogen and oxygen atoms in total. The molecule has 0 aliphatic rings. The Morgan fingerprint density at radius 1 is 0.946 bits per heavy atom. The summed E-state index contributed by atoms with van der Waals surface area (Å²) in [6, 6.07) is 23.7. The molecular formula is C29H23F2N3O3. The minimum atomic E-state index is -0.767. The van der Waals surface area contributed by atoms with Crippen molar-refractivity contribution in [1.82, 2.24) is 10.1 Å². The normalized spacial score (nSPS) is 11.0. The van der Waals surface area contributed by atoms with Crippen molar-refractivity contribution in [2.45, 2.75) is 26.5 Å². The Balaban J connectivity index is 1.32. The number of fused-ring (bicyclic) bond motifs is 1. The van der Waals surface area contributed by atoms with Crippen LogP contribution >= 0.6 is 0 Å². The fourth-order valence-electron chi connectivity index (χ4n) is 3.97. The molecule has 0 N–H and O–H groups in total. The maximum absolute atomic E-state index is 14.2. The van der Waals surface area contributed by atoms with Crippen molar-refractivity contribution in [3.05, 3.63) is 119 Å². The number of aryl methyl sites for hydroxylation is 1. The first kappa shape index (κ1) is 24.1. The minimum absolute atomic E-state index is 0.107. The number of hydrogen-bond donors (Lipinski definition) is 0. The van der Waals surface area contributed by atoms with Crippen molar-refractivity contribution in [1.29, 1.82) is 0 Å². The molecule has 5 rings (SSSR count). The molecule has 0 saturated carbocycles. The first-order valence-electron chi connectivity index (χ1n) is 11.7. The van der Waals surface area contributed by atoms with Gasteiger partial charge in [0, 0.05) is 23.2 Å². The summed E-state index contributed by atoms with van der Waals surface area (Å²) in [5.41, 5.74) is 2.92. The standard InChI is InChI=1S/C29H23F2N3O3/c1-19-14-24(33-37-19)17-34(29(35)15-21-6-8-22(30)16-27(21)31)25-10-12-26(13-11-25)36-18-23-9-7-20-4-2-3-5-28(20)32-23/h2-14,16H,15,17-18H2,1H3. The van der Waals surface area contributed by atoms with Crippen LogP contribution in [-0.2, 0) is 24.4 Å². The molecule has 0 aliphatic heterocycles. The number of halogens is 2. The van der Waals surface area contributed by atoms with Gasteiger partial charge < -0.3 is 14.2 Å². The van der Waals surface area contributed by atoms with E-state index in [0.29, 0.717) is 22.9 Å². The van der Waals surface area contributed by atoms with Crippen LogP contribution in [0, 0.1) is 18.6 Å². The summed E-state index contributed by atoms with van der Waals surface area (Å²) in [7, 11) is 0. The van der Waals surface area contributed by atoms with Gasteiger partial charge in [0.1, 0.15) is 35.4 Å². The number of amides is 1. The molecule has 186 valence electrons. The predicted octanol–water partition coefficient (Wildman–Crippen LogP) is 6.16. The average molecular weight is 500 g/mol. The Kier molecular flexibility index (Phi) is 6.89. The van der Waals surface area contributed by atoms with E-state index in [9.17, 15) is 13.6 Å². The topological polar surface area (TPSA) is 68.5 Å². The van der Waals surface area contributed by atoms with Crippen molar-refractivity contribution >= 4 is 22.5 Å². The number of anilines is 1. The highest BCUT2D eigenvalue weighted by atomic mass is 19.1. The molecule has 0 aliphatic carbocycles. The monoisotopic (exact) mass is 499 g/mol. The quantitative estimate of drug-likeness (QED) is 0.256. The Bertz CT molecular complexity index is 1550. The minimum Gasteiger partial charge on any atom is -0.487 e. The van der Waals surface area contributed by atoms with Gasteiger partial charge in [0.2, 0.25) is 5.91 Å². The van der Waals surface area contributed by atoms with Crippen molar-refractivity contribution in [2.24, 2.45) is 0 Å². The van der Waals surface area contributed by atoms with Gasteiger partial charge in [0.15, 0.2) is 0 Å². The Morgan fingerprint density at radius 3 is 2.51 bits per heavy atom. The zero-order valence-corrected chi connectivity index (χ0v) is 20.0. The number of nitrogens with zero attached hydrogens (tertiary/aromatic N) is 3. The highest BCUT2D eigenvalue weighted by molar-refractivity contribution is 5.94. The molecule has 5 aromatic rings. The van der Waals surface area contributed by atoms with E-state index < -0.39 is 11.6 Å². The number of pyridine rings is 1. The second-order valence-corrected chi connectivity index (χ2v) is 8.60. The van der Waals surface area contributed by atoms with Crippen LogP contribution in [-0.4, -0.2) is 16.0 Å². The molecule has 8 heteroatoms. The van der Waals surface area contributed by atoms with Crippen LogP contribution in [0.2, 0.25) is 0 Å². The summed E-state index contributed by atoms with van der Waals surface area (Å²) < 4.78 is 38.6. The van der Waals surface area contributed by atoms with E-state index in [4.69, 9.17) is 9.26 Å². The Labute approximate surface area is 212 Å². The van der Waals surface area contributed by atoms with Gasteiger partial charge in [-0.3, -0.25) is 4.79 Å². The number of carbonyl (C=O) groups is 1. The fraction of sp³-hybridized carbons (Fsp3) is 0.138. The van der Waals surface area contributed by atoms with Gasteiger partial charge in [-0.1, -0.05) is 35.5 Å². The summed E-state index contributed by atoms with van der Waals surface area (Å²) in [6.07, 6.45) is -0.241. The zero-order valence-electron chi connectivity index (χ0n) is 20.0.